The topological polar surface area (TPSA) is 52.7 Å². The molecule has 0 aliphatic carbocycles. The molecule has 1 N–H and O–H groups in total. The van der Waals surface area contributed by atoms with E-state index in [-0.39, 0.29) is 11.8 Å². The SMILES string of the molecule is Cc1cccc(CC(=O)N2CCN(c3ccc(NC(=O)c4ccc(-c5ccccc5)cc4)cc3)CC2)c1. The van der Waals surface area contributed by atoms with Crippen LogP contribution in [0, 0.1) is 6.92 Å². The maximum absolute atomic E-state index is 12.7. The molecule has 1 aliphatic rings. The van der Waals surface area contributed by atoms with Crippen molar-refractivity contribution in [2.45, 2.75) is 13.3 Å². The summed E-state index contributed by atoms with van der Waals surface area (Å²) in [6.07, 6.45) is 0.449. The summed E-state index contributed by atoms with van der Waals surface area (Å²) in [5, 5.41) is 2.99. The van der Waals surface area contributed by atoms with E-state index in [1.54, 1.807) is 0 Å². The lowest BCUT2D eigenvalue weighted by Gasteiger charge is -2.36. The summed E-state index contributed by atoms with van der Waals surface area (Å²) in [6, 6.07) is 33.8. The molecule has 1 aliphatic heterocycles. The fourth-order valence-corrected chi connectivity index (χ4v) is 4.73. The van der Waals surface area contributed by atoms with E-state index in [1.807, 2.05) is 96.8 Å². The third kappa shape index (κ3) is 6.07. The van der Waals surface area contributed by atoms with E-state index in [0.717, 1.165) is 41.2 Å². The monoisotopic (exact) mass is 489 g/mol. The number of aryl methyl sites for hydroxylation is 1. The van der Waals surface area contributed by atoms with Crippen molar-refractivity contribution in [1.29, 1.82) is 0 Å². The zero-order chi connectivity index (χ0) is 25.6. The molecule has 5 nitrogen and oxygen atoms in total. The number of hydrogen-bond acceptors (Lipinski definition) is 3. The third-order valence-corrected chi connectivity index (χ3v) is 6.81. The van der Waals surface area contributed by atoms with Gasteiger partial charge < -0.3 is 15.1 Å². The fourth-order valence-electron chi connectivity index (χ4n) is 4.73. The highest BCUT2D eigenvalue weighted by Crippen LogP contribution is 2.22. The van der Waals surface area contributed by atoms with Crippen LogP contribution < -0.4 is 10.2 Å². The number of piperazine rings is 1. The molecule has 1 fully saturated rings. The lowest BCUT2D eigenvalue weighted by molar-refractivity contribution is -0.130. The summed E-state index contributed by atoms with van der Waals surface area (Å²) >= 11 is 0. The summed E-state index contributed by atoms with van der Waals surface area (Å²) in [5.41, 5.74) is 6.92. The van der Waals surface area contributed by atoms with Crippen molar-refractivity contribution in [2.75, 3.05) is 36.4 Å². The number of hydrogen-bond donors (Lipinski definition) is 1. The van der Waals surface area contributed by atoms with Gasteiger partial charge >= 0.3 is 0 Å². The molecule has 0 spiro atoms. The Morgan fingerprint density at radius 2 is 1.41 bits per heavy atom. The van der Waals surface area contributed by atoms with Crippen LogP contribution in [0.4, 0.5) is 11.4 Å². The molecule has 1 saturated heterocycles. The molecule has 0 atom stereocenters. The van der Waals surface area contributed by atoms with E-state index in [4.69, 9.17) is 0 Å². The Kier molecular flexibility index (Phi) is 7.31. The summed E-state index contributed by atoms with van der Waals surface area (Å²) in [7, 11) is 0. The van der Waals surface area contributed by atoms with Crippen LogP contribution in [0.3, 0.4) is 0 Å². The average molecular weight is 490 g/mol. The number of nitrogens with one attached hydrogen (secondary N) is 1. The van der Waals surface area contributed by atoms with Gasteiger partial charge in [-0.1, -0.05) is 72.3 Å². The largest absolute Gasteiger partial charge is 0.368 e. The molecule has 0 saturated carbocycles. The van der Waals surface area contributed by atoms with E-state index < -0.39 is 0 Å². The molecule has 1 heterocycles. The number of benzene rings is 4. The first-order valence-corrected chi connectivity index (χ1v) is 12.7. The van der Waals surface area contributed by atoms with E-state index in [0.29, 0.717) is 25.1 Å². The minimum absolute atomic E-state index is 0.131. The van der Waals surface area contributed by atoms with Crippen LogP contribution in [-0.2, 0) is 11.2 Å². The molecule has 0 radical (unpaired) electrons. The van der Waals surface area contributed by atoms with Crippen LogP contribution in [0.1, 0.15) is 21.5 Å². The molecular formula is C32H31N3O2. The summed E-state index contributed by atoms with van der Waals surface area (Å²) in [6.45, 7) is 5.05. The lowest BCUT2D eigenvalue weighted by Crippen LogP contribution is -2.49. The van der Waals surface area contributed by atoms with Gasteiger partial charge in [-0.3, -0.25) is 9.59 Å². The normalized spacial score (nSPS) is 13.3. The van der Waals surface area contributed by atoms with Crippen LogP contribution in [0.15, 0.2) is 103 Å². The number of amides is 2. The summed E-state index contributed by atoms with van der Waals surface area (Å²) in [5.74, 6) is 0.0493. The minimum atomic E-state index is -0.131. The predicted octanol–water partition coefficient (Wildman–Crippen LogP) is 5.81. The second kappa shape index (κ2) is 11.1. The van der Waals surface area contributed by atoms with Crippen LogP contribution >= 0.6 is 0 Å². The Labute approximate surface area is 218 Å². The van der Waals surface area contributed by atoms with Gasteiger partial charge in [-0.25, -0.2) is 0 Å². The fraction of sp³-hybridized carbons (Fsp3) is 0.188. The molecule has 4 aromatic rings. The standard InChI is InChI=1S/C32H31N3O2/c1-24-6-5-7-25(22-24)23-31(36)35-20-18-34(19-21-35)30-16-14-29(15-17-30)33-32(37)28-12-10-27(11-13-28)26-8-3-2-4-9-26/h2-17,22H,18-21,23H2,1H3,(H,33,37). The van der Waals surface area contributed by atoms with Crippen LogP contribution in [0.25, 0.3) is 11.1 Å². The molecule has 0 aromatic heterocycles. The summed E-state index contributed by atoms with van der Waals surface area (Å²) < 4.78 is 0. The Hall–Kier alpha value is -4.38. The molecule has 186 valence electrons. The van der Waals surface area contributed by atoms with Crippen molar-refractivity contribution < 1.29 is 9.59 Å². The maximum atomic E-state index is 12.7. The number of carbonyl (C=O) groups is 2. The molecule has 5 rings (SSSR count). The smallest absolute Gasteiger partial charge is 0.255 e. The van der Waals surface area contributed by atoms with Crippen LogP contribution in [-0.4, -0.2) is 42.9 Å². The van der Waals surface area contributed by atoms with Crippen LogP contribution in [0.2, 0.25) is 0 Å². The van der Waals surface area contributed by atoms with E-state index in [1.165, 1.54) is 5.56 Å². The third-order valence-electron chi connectivity index (χ3n) is 6.81. The number of anilines is 2. The molecular weight excluding hydrogens is 458 g/mol. The lowest BCUT2D eigenvalue weighted by atomic mass is 10.0. The molecule has 0 unspecified atom stereocenters. The summed E-state index contributed by atoms with van der Waals surface area (Å²) in [4.78, 5) is 29.7. The quantitative estimate of drug-likeness (QED) is 0.372. The van der Waals surface area contributed by atoms with Gasteiger partial charge in [0.15, 0.2) is 0 Å². The Morgan fingerprint density at radius 3 is 2.08 bits per heavy atom. The first kappa shape index (κ1) is 24.3. The highest BCUT2D eigenvalue weighted by molar-refractivity contribution is 6.04. The number of rotatable bonds is 6. The minimum Gasteiger partial charge on any atom is -0.368 e. The average Bonchev–Trinajstić information content (AvgIpc) is 2.94. The molecule has 4 aromatic carbocycles. The molecule has 2 amide bonds. The van der Waals surface area contributed by atoms with Gasteiger partial charge in [0.05, 0.1) is 6.42 Å². The van der Waals surface area contributed by atoms with Gasteiger partial charge in [-0.2, -0.15) is 0 Å². The van der Waals surface area contributed by atoms with Gasteiger partial charge in [0.2, 0.25) is 5.91 Å². The zero-order valence-electron chi connectivity index (χ0n) is 21.1. The van der Waals surface area contributed by atoms with Crippen LogP contribution in [0.5, 0.6) is 0 Å². The van der Waals surface area contributed by atoms with E-state index in [9.17, 15) is 9.59 Å². The van der Waals surface area contributed by atoms with E-state index >= 15 is 0 Å². The van der Waals surface area contributed by atoms with Gasteiger partial charge in [-0.15, -0.1) is 0 Å². The second-order valence-electron chi connectivity index (χ2n) is 9.48. The first-order valence-electron chi connectivity index (χ1n) is 12.7. The van der Waals surface area contributed by atoms with Crippen molar-refractivity contribution in [3.05, 3.63) is 120 Å². The van der Waals surface area contributed by atoms with Gasteiger partial charge in [-0.05, 0) is 60.0 Å². The van der Waals surface area contributed by atoms with Gasteiger partial charge in [0.1, 0.15) is 0 Å². The zero-order valence-corrected chi connectivity index (χ0v) is 21.1. The Bertz CT molecular complexity index is 1360. The highest BCUT2D eigenvalue weighted by atomic mass is 16.2. The highest BCUT2D eigenvalue weighted by Gasteiger charge is 2.21. The van der Waals surface area contributed by atoms with Gasteiger partial charge in [0.25, 0.3) is 5.91 Å². The van der Waals surface area contributed by atoms with E-state index in [2.05, 4.69) is 28.4 Å². The Balaban J connectivity index is 1.13. The first-order chi connectivity index (χ1) is 18.0. The van der Waals surface area contributed by atoms with Crippen molar-refractivity contribution in [3.63, 3.8) is 0 Å². The number of nitrogens with zero attached hydrogens (tertiary/aromatic N) is 2. The Morgan fingerprint density at radius 1 is 0.730 bits per heavy atom. The van der Waals surface area contributed by atoms with Crippen molar-refractivity contribution in [2.24, 2.45) is 0 Å². The van der Waals surface area contributed by atoms with Crippen molar-refractivity contribution >= 4 is 23.2 Å². The van der Waals surface area contributed by atoms with Crippen molar-refractivity contribution in [3.8, 4) is 11.1 Å². The van der Waals surface area contributed by atoms with Crippen molar-refractivity contribution in [1.82, 2.24) is 4.90 Å². The number of carbonyl (C=O) groups excluding carboxylic acids is 2. The molecule has 37 heavy (non-hydrogen) atoms. The predicted molar refractivity (Wildman–Crippen MR) is 150 cm³/mol. The van der Waals surface area contributed by atoms with Gasteiger partial charge in [0, 0.05) is 43.1 Å². The second-order valence-corrected chi connectivity index (χ2v) is 9.48. The molecule has 5 heteroatoms. The molecule has 0 bridgehead atoms. The maximum Gasteiger partial charge on any atom is 0.255 e.